The van der Waals surface area contributed by atoms with Crippen molar-refractivity contribution < 1.29 is 13.6 Å². The Balaban J connectivity index is 1.67. The number of halogens is 2. The number of rotatable bonds is 4. The molecule has 1 saturated carbocycles. The minimum absolute atomic E-state index is 0.101. The van der Waals surface area contributed by atoms with Gasteiger partial charge >= 0.3 is 0 Å². The lowest BCUT2D eigenvalue weighted by Crippen LogP contribution is -2.32. The molecule has 0 aromatic heterocycles. The molecule has 0 unspecified atom stereocenters. The summed E-state index contributed by atoms with van der Waals surface area (Å²) >= 11 is 0. The fourth-order valence-electron chi connectivity index (χ4n) is 2.50. The maximum Gasteiger partial charge on any atom is 0.251 e. The number of nitrogens with one attached hydrogen (secondary N) is 1. The third-order valence-electron chi connectivity index (χ3n) is 3.98. The van der Waals surface area contributed by atoms with Gasteiger partial charge in [-0.05, 0) is 48.7 Å². The first-order chi connectivity index (χ1) is 10.1. The van der Waals surface area contributed by atoms with Gasteiger partial charge in [0.1, 0.15) is 11.6 Å². The fourth-order valence-corrected chi connectivity index (χ4v) is 2.50. The minimum atomic E-state index is -0.428. The highest BCUT2D eigenvalue weighted by Crippen LogP contribution is 2.47. The average molecular weight is 287 g/mol. The molecule has 2 nitrogen and oxygen atoms in total. The molecule has 1 N–H and O–H groups in total. The minimum Gasteiger partial charge on any atom is -0.351 e. The van der Waals surface area contributed by atoms with E-state index in [0.29, 0.717) is 12.1 Å². The molecule has 1 aliphatic rings. The zero-order chi connectivity index (χ0) is 14.9. The molecule has 2 aromatic rings. The van der Waals surface area contributed by atoms with E-state index < -0.39 is 5.82 Å². The summed E-state index contributed by atoms with van der Waals surface area (Å²) in [5.74, 6) is -0.983. The highest BCUT2D eigenvalue weighted by atomic mass is 19.1. The maximum absolute atomic E-state index is 13.1. The zero-order valence-corrected chi connectivity index (χ0v) is 11.4. The van der Waals surface area contributed by atoms with Gasteiger partial charge in [0.25, 0.3) is 5.91 Å². The molecule has 1 amide bonds. The highest BCUT2D eigenvalue weighted by molar-refractivity contribution is 5.94. The van der Waals surface area contributed by atoms with E-state index in [9.17, 15) is 13.6 Å². The second-order valence-electron chi connectivity index (χ2n) is 5.48. The standard InChI is InChI=1S/C17H15F2NO/c18-14-6-4-13(5-7-14)17(8-9-17)11-20-16(21)12-2-1-3-15(19)10-12/h1-7,10H,8-9,11H2,(H,20,21). The van der Waals surface area contributed by atoms with E-state index >= 15 is 0 Å². The van der Waals surface area contributed by atoms with Crippen LogP contribution in [0.3, 0.4) is 0 Å². The first-order valence-electron chi connectivity index (χ1n) is 6.89. The number of hydrogen-bond donors (Lipinski definition) is 1. The van der Waals surface area contributed by atoms with E-state index in [0.717, 1.165) is 18.4 Å². The number of amides is 1. The van der Waals surface area contributed by atoms with E-state index in [1.807, 2.05) is 0 Å². The molecule has 4 heteroatoms. The van der Waals surface area contributed by atoms with Crippen molar-refractivity contribution in [3.05, 3.63) is 71.3 Å². The van der Waals surface area contributed by atoms with Crippen LogP contribution in [0.1, 0.15) is 28.8 Å². The SMILES string of the molecule is O=C(NCC1(c2ccc(F)cc2)CC1)c1cccc(F)c1. The first kappa shape index (κ1) is 13.7. The average Bonchev–Trinajstić information content (AvgIpc) is 3.27. The van der Waals surface area contributed by atoms with Crippen molar-refractivity contribution in [2.24, 2.45) is 0 Å². The highest BCUT2D eigenvalue weighted by Gasteiger charge is 2.44. The van der Waals surface area contributed by atoms with Gasteiger partial charge in [-0.1, -0.05) is 18.2 Å². The van der Waals surface area contributed by atoms with Crippen LogP contribution >= 0.6 is 0 Å². The van der Waals surface area contributed by atoms with Gasteiger partial charge in [0.15, 0.2) is 0 Å². The Hall–Kier alpha value is -2.23. The summed E-state index contributed by atoms with van der Waals surface area (Å²) in [6.07, 6.45) is 1.92. The molecule has 1 aliphatic carbocycles. The molecule has 0 bridgehead atoms. The number of carbonyl (C=O) groups excluding carboxylic acids is 1. The molecular formula is C17H15F2NO. The summed E-state index contributed by atoms with van der Waals surface area (Å²) in [4.78, 5) is 12.0. The summed E-state index contributed by atoms with van der Waals surface area (Å²) < 4.78 is 26.1. The van der Waals surface area contributed by atoms with Crippen LogP contribution in [0.25, 0.3) is 0 Å². The Bertz CT molecular complexity index is 663. The van der Waals surface area contributed by atoms with Crippen LogP contribution in [0.4, 0.5) is 8.78 Å². The largest absolute Gasteiger partial charge is 0.351 e. The Morgan fingerprint density at radius 1 is 1.05 bits per heavy atom. The van der Waals surface area contributed by atoms with Crippen LogP contribution in [0, 0.1) is 11.6 Å². The summed E-state index contributed by atoms with van der Waals surface area (Å²) in [6, 6.07) is 12.0. The van der Waals surface area contributed by atoms with Crippen LogP contribution in [0.2, 0.25) is 0 Å². The molecular weight excluding hydrogens is 272 g/mol. The number of carbonyl (C=O) groups is 1. The lowest BCUT2D eigenvalue weighted by atomic mass is 9.96. The summed E-state index contributed by atoms with van der Waals surface area (Å²) in [5.41, 5.74) is 1.24. The third-order valence-corrected chi connectivity index (χ3v) is 3.98. The molecule has 0 heterocycles. The third kappa shape index (κ3) is 2.94. The molecule has 1 fully saturated rings. The van der Waals surface area contributed by atoms with Crippen molar-refractivity contribution in [2.75, 3.05) is 6.54 Å². The van der Waals surface area contributed by atoms with Gasteiger partial charge in [0.2, 0.25) is 0 Å². The van der Waals surface area contributed by atoms with Crippen LogP contribution in [0.5, 0.6) is 0 Å². The molecule has 2 aromatic carbocycles. The second kappa shape index (κ2) is 5.28. The summed E-state index contributed by atoms with van der Waals surface area (Å²) in [6.45, 7) is 0.480. The maximum atomic E-state index is 13.1. The Morgan fingerprint density at radius 3 is 2.38 bits per heavy atom. The van der Waals surface area contributed by atoms with Gasteiger partial charge in [-0.2, -0.15) is 0 Å². The van der Waals surface area contributed by atoms with Gasteiger partial charge in [-0.25, -0.2) is 8.78 Å². The molecule has 0 spiro atoms. The van der Waals surface area contributed by atoms with E-state index in [4.69, 9.17) is 0 Å². The molecule has 21 heavy (non-hydrogen) atoms. The quantitative estimate of drug-likeness (QED) is 0.917. The van der Waals surface area contributed by atoms with E-state index in [2.05, 4.69) is 5.32 Å². The van der Waals surface area contributed by atoms with E-state index in [1.54, 1.807) is 18.2 Å². The smallest absolute Gasteiger partial charge is 0.251 e. The molecule has 0 aliphatic heterocycles. The van der Waals surface area contributed by atoms with Crippen LogP contribution in [-0.4, -0.2) is 12.5 Å². The predicted octanol–water partition coefficient (Wildman–Crippen LogP) is 3.43. The Kier molecular flexibility index (Phi) is 3.45. The molecule has 0 saturated heterocycles. The molecule has 108 valence electrons. The van der Waals surface area contributed by atoms with Crippen molar-refractivity contribution in [3.63, 3.8) is 0 Å². The number of benzene rings is 2. The van der Waals surface area contributed by atoms with Gasteiger partial charge in [0, 0.05) is 17.5 Å². The van der Waals surface area contributed by atoms with Crippen molar-refractivity contribution in [3.8, 4) is 0 Å². The summed E-state index contributed by atoms with van der Waals surface area (Å²) in [5, 5.41) is 2.84. The van der Waals surface area contributed by atoms with Crippen LogP contribution in [0.15, 0.2) is 48.5 Å². The lowest BCUT2D eigenvalue weighted by molar-refractivity contribution is 0.0949. The predicted molar refractivity (Wildman–Crippen MR) is 76.0 cm³/mol. The van der Waals surface area contributed by atoms with Gasteiger partial charge in [0.05, 0.1) is 0 Å². The Morgan fingerprint density at radius 2 is 1.76 bits per heavy atom. The van der Waals surface area contributed by atoms with Crippen LogP contribution in [-0.2, 0) is 5.41 Å². The molecule has 0 radical (unpaired) electrons. The topological polar surface area (TPSA) is 29.1 Å². The second-order valence-corrected chi connectivity index (χ2v) is 5.48. The van der Waals surface area contributed by atoms with Gasteiger partial charge in [-0.3, -0.25) is 4.79 Å². The van der Waals surface area contributed by atoms with Crippen molar-refractivity contribution in [2.45, 2.75) is 18.3 Å². The van der Waals surface area contributed by atoms with E-state index in [1.165, 1.54) is 30.3 Å². The van der Waals surface area contributed by atoms with Crippen molar-refractivity contribution >= 4 is 5.91 Å². The Labute approximate surface area is 121 Å². The fraction of sp³-hybridized carbons (Fsp3) is 0.235. The zero-order valence-electron chi connectivity index (χ0n) is 11.4. The number of hydrogen-bond acceptors (Lipinski definition) is 1. The van der Waals surface area contributed by atoms with Gasteiger partial charge in [-0.15, -0.1) is 0 Å². The normalized spacial score (nSPS) is 15.5. The van der Waals surface area contributed by atoms with Gasteiger partial charge < -0.3 is 5.32 Å². The first-order valence-corrected chi connectivity index (χ1v) is 6.89. The van der Waals surface area contributed by atoms with E-state index in [-0.39, 0.29) is 17.1 Å². The molecule has 0 atom stereocenters. The van der Waals surface area contributed by atoms with Crippen molar-refractivity contribution in [1.82, 2.24) is 5.32 Å². The molecule has 3 rings (SSSR count). The van der Waals surface area contributed by atoms with Crippen molar-refractivity contribution in [1.29, 1.82) is 0 Å². The van der Waals surface area contributed by atoms with Crippen LogP contribution < -0.4 is 5.32 Å². The monoisotopic (exact) mass is 287 g/mol. The lowest BCUT2D eigenvalue weighted by Gasteiger charge is -2.16. The summed E-state index contributed by atoms with van der Waals surface area (Å²) in [7, 11) is 0.